The van der Waals surface area contributed by atoms with Gasteiger partial charge in [0.15, 0.2) is 0 Å². The highest BCUT2D eigenvalue weighted by Gasteiger charge is 2.30. The summed E-state index contributed by atoms with van der Waals surface area (Å²) in [6.45, 7) is 1.53. The van der Waals surface area contributed by atoms with E-state index in [0.29, 0.717) is 36.2 Å². The summed E-state index contributed by atoms with van der Waals surface area (Å²) in [6.07, 6.45) is 2.69. The molecule has 14 nitrogen and oxygen atoms in total. The number of phenolic OH excluding ortho intramolecular Hbond substituents is 2. The maximum Gasteiger partial charge on any atom is 0.243 e. The van der Waals surface area contributed by atoms with E-state index in [1.807, 2.05) is 14.1 Å². The van der Waals surface area contributed by atoms with Gasteiger partial charge in [-0.2, -0.15) is 0 Å². The standard InChI is InChI=1S/C34H52N8O6/c1-35-13-5-7-25(37-3)19-39-31(45)20-40-32(46)28-18-24-16-22(10-12-30(24)44)21-9-11-29(43)23(15-21)17-27(38-4)34(48)41-26(33(47)42-28)8-6-14-36-2/h9-12,15-16,25-28,35-38,43-44H,5-8,13-14,17-20H2,1-4H3,(H,39,45)(H,40,46)(H,41,48)(H,42,47)/t25-,26-,27-,28-/m0/s1. The van der Waals surface area contributed by atoms with Crippen molar-refractivity contribution in [3.05, 3.63) is 47.5 Å². The topological polar surface area (TPSA) is 205 Å². The van der Waals surface area contributed by atoms with Crippen molar-refractivity contribution in [1.82, 2.24) is 42.5 Å². The minimum Gasteiger partial charge on any atom is -0.508 e. The lowest BCUT2D eigenvalue weighted by molar-refractivity contribution is -0.133. The van der Waals surface area contributed by atoms with Crippen LogP contribution in [0.3, 0.4) is 0 Å². The molecule has 0 saturated carbocycles. The third kappa shape index (κ3) is 11.5. The van der Waals surface area contributed by atoms with Crippen LogP contribution in [0.5, 0.6) is 11.5 Å². The van der Waals surface area contributed by atoms with E-state index in [9.17, 15) is 29.4 Å². The zero-order chi connectivity index (χ0) is 35.1. The predicted molar refractivity (Wildman–Crippen MR) is 185 cm³/mol. The highest BCUT2D eigenvalue weighted by Crippen LogP contribution is 2.31. The van der Waals surface area contributed by atoms with Gasteiger partial charge < -0.3 is 52.7 Å². The molecule has 2 aromatic rings. The number of hydrogen-bond acceptors (Lipinski definition) is 10. The summed E-state index contributed by atoms with van der Waals surface area (Å²) < 4.78 is 0. The molecule has 0 spiro atoms. The van der Waals surface area contributed by atoms with Gasteiger partial charge in [-0.05, 0) is 113 Å². The molecule has 0 aromatic heterocycles. The molecular formula is C34H52N8O6. The number of carbonyl (C=O) groups is 4. The highest BCUT2D eigenvalue weighted by atomic mass is 16.3. The lowest BCUT2D eigenvalue weighted by atomic mass is 9.95. The Morgan fingerprint density at radius 2 is 1.46 bits per heavy atom. The molecule has 2 aromatic carbocycles. The lowest BCUT2D eigenvalue weighted by Gasteiger charge is -2.25. The van der Waals surface area contributed by atoms with Crippen LogP contribution in [0.1, 0.15) is 36.8 Å². The fraction of sp³-hybridized carbons (Fsp3) is 0.529. The van der Waals surface area contributed by atoms with Gasteiger partial charge in [-0.25, -0.2) is 0 Å². The van der Waals surface area contributed by atoms with Crippen LogP contribution in [0.15, 0.2) is 36.4 Å². The summed E-state index contributed by atoms with van der Waals surface area (Å²) in [6, 6.07) is 7.14. The zero-order valence-corrected chi connectivity index (χ0v) is 28.4. The molecule has 264 valence electrons. The molecule has 0 unspecified atom stereocenters. The first-order valence-electron chi connectivity index (χ1n) is 16.5. The molecule has 3 rings (SSSR count). The Kier molecular flexibility index (Phi) is 15.6. The SMILES string of the molecule is CNCCC[C@@H](CNC(=O)CNC(=O)[C@@H]1Cc2cc(ccc2O)-c2ccc(O)c(c2)C[C@H](NC)C(=O)N[C@@H](CCCNC)C(=O)N1)NC. The van der Waals surface area contributed by atoms with Crippen LogP contribution < -0.4 is 42.5 Å². The predicted octanol–water partition coefficient (Wildman–Crippen LogP) is -0.759. The Hall–Kier alpha value is -4.24. The van der Waals surface area contributed by atoms with Gasteiger partial charge in [0.1, 0.15) is 23.6 Å². The highest BCUT2D eigenvalue weighted by molar-refractivity contribution is 5.94. The van der Waals surface area contributed by atoms with Crippen LogP contribution in [0.25, 0.3) is 11.1 Å². The Bertz CT molecular complexity index is 1390. The molecule has 1 heterocycles. The third-order valence-electron chi connectivity index (χ3n) is 8.55. The minimum absolute atomic E-state index is 0.0227. The van der Waals surface area contributed by atoms with Gasteiger partial charge >= 0.3 is 0 Å². The van der Waals surface area contributed by atoms with Crippen LogP contribution in [0, 0.1) is 0 Å². The van der Waals surface area contributed by atoms with Gasteiger partial charge in [0.25, 0.3) is 0 Å². The number of phenols is 2. The molecule has 14 heteroatoms. The van der Waals surface area contributed by atoms with Gasteiger partial charge in [-0.1, -0.05) is 12.1 Å². The fourth-order valence-corrected chi connectivity index (χ4v) is 5.59. The molecule has 10 N–H and O–H groups in total. The van der Waals surface area contributed by atoms with Gasteiger partial charge in [-0.15, -0.1) is 0 Å². The first-order valence-corrected chi connectivity index (χ1v) is 16.5. The number of amides is 4. The van der Waals surface area contributed by atoms with Crippen molar-refractivity contribution < 1.29 is 29.4 Å². The second-order valence-corrected chi connectivity index (χ2v) is 12.1. The zero-order valence-electron chi connectivity index (χ0n) is 28.4. The summed E-state index contributed by atoms with van der Waals surface area (Å²) in [4.78, 5) is 53.5. The Morgan fingerprint density at radius 3 is 2.06 bits per heavy atom. The quantitative estimate of drug-likeness (QED) is 0.107. The molecule has 0 saturated heterocycles. The Labute approximate surface area is 282 Å². The van der Waals surface area contributed by atoms with Crippen LogP contribution in [0.4, 0.5) is 0 Å². The van der Waals surface area contributed by atoms with Crippen molar-refractivity contribution >= 4 is 23.6 Å². The van der Waals surface area contributed by atoms with Crippen LogP contribution in [-0.4, -0.2) is 112 Å². The van der Waals surface area contributed by atoms with Crippen LogP contribution >= 0.6 is 0 Å². The molecule has 1 aliphatic rings. The van der Waals surface area contributed by atoms with Crippen molar-refractivity contribution in [1.29, 1.82) is 0 Å². The van der Waals surface area contributed by atoms with E-state index in [1.54, 1.807) is 44.4 Å². The van der Waals surface area contributed by atoms with Gasteiger partial charge in [0.2, 0.25) is 23.6 Å². The van der Waals surface area contributed by atoms with Crippen molar-refractivity contribution in [3.63, 3.8) is 0 Å². The second kappa shape index (κ2) is 19.5. The first-order chi connectivity index (χ1) is 23.1. The number of likely N-dealkylation sites (N-methyl/N-ethyl adjacent to an activating group) is 2. The molecule has 4 amide bonds. The lowest BCUT2D eigenvalue weighted by Crippen LogP contribution is -2.57. The van der Waals surface area contributed by atoms with E-state index < -0.39 is 35.8 Å². The molecule has 4 atom stereocenters. The normalized spacial score (nSPS) is 18.9. The minimum atomic E-state index is -1.18. The van der Waals surface area contributed by atoms with Crippen molar-refractivity contribution in [2.45, 2.75) is 62.7 Å². The second-order valence-electron chi connectivity index (χ2n) is 12.1. The molecule has 0 radical (unpaired) electrons. The maximum absolute atomic E-state index is 13.7. The van der Waals surface area contributed by atoms with Gasteiger partial charge in [0, 0.05) is 25.4 Å². The fourth-order valence-electron chi connectivity index (χ4n) is 5.59. The molecular weight excluding hydrogens is 616 g/mol. The number of carbonyl (C=O) groups excluding carboxylic acids is 4. The number of hydrogen-bond donors (Lipinski definition) is 10. The first kappa shape index (κ1) is 38.2. The summed E-state index contributed by atoms with van der Waals surface area (Å²) in [5.41, 5.74) is 2.35. The monoisotopic (exact) mass is 668 g/mol. The summed E-state index contributed by atoms with van der Waals surface area (Å²) >= 11 is 0. The van der Waals surface area contributed by atoms with E-state index >= 15 is 0 Å². The Morgan fingerprint density at radius 1 is 0.833 bits per heavy atom. The van der Waals surface area contributed by atoms with Gasteiger partial charge in [0.05, 0.1) is 12.6 Å². The number of nitrogens with one attached hydrogen (secondary N) is 8. The van der Waals surface area contributed by atoms with Crippen molar-refractivity contribution in [3.8, 4) is 22.6 Å². The molecule has 0 fully saturated rings. The number of rotatable bonds is 15. The van der Waals surface area contributed by atoms with E-state index in [-0.39, 0.29) is 49.3 Å². The molecule has 48 heavy (non-hydrogen) atoms. The Balaban J connectivity index is 1.90. The van der Waals surface area contributed by atoms with Crippen LogP contribution in [-0.2, 0) is 32.0 Å². The number of aromatic hydroxyl groups is 2. The molecule has 1 aliphatic heterocycles. The average molecular weight is 669 g/mol. The largest absolute Gasteiger partial charge is 0.508 e. The van der Waals surface area contributed by atoms with E-state index in [2.05, 4.69) is 42.5 Å². The number of fused-ring (bicyclic) bond motifs is 5. The molecule has 0 aliphatic carbocycles. The summed E-state index contributed by atoms with van der Waals surface area (Å²) in [5.74, 6) is -2.07. The maximum atomic E-state index is 13.7. The molecule has 4 bridgehead atoms. The van der Waals surface area contributed by atoms with E-state index in [4.69, 9.17) is 0 Å². The van der Waals surface area contributed by atoms with Crippen molar-refractivity contribution in [2.24, 2.45) is 0 Å². The summed E-state index contributed by atoms with van der Waals surface area (Å²) in [7, 11) is 7.12. The smallest absolute Gasteiger partial charge is 0.243 e. The van der Waals surface area contributed by atoms with E-state index in [1.165, 1.54) is 6.07 Å². The summed E-state index contributed by atoms with van der Waals surface area (Å²) in [5, 5.41) is 44.8. The average Bonchev–Trinajstić information content (AvgIpc) is 3.08. The van der Waals surface area contributed by atoms with Gasteiger partial charge in [-0.3, -0.25) is 19.2 Å². The third-order valence-corrected chi connectivity index (χ3v) is 8.55. The van der Waals surface area contributed by atoms with Crippen molar-refractivity contribution in [2.75, 3.05) is 54.4 Å². The number of benzene rings is 2. The van der Waals surface area contributed by atoms with E-state index in [0.717, 1.165) is 24.9 Å². The van der Waals surface area contributed by atoms with Crippen LogP contribution in [0.2, 0.25) is 0 Å².